The summed E-state index contributed by atoms with van der Waals surface area (Å²) in [5.41, 5.74) is 2.06. The highest BCUT2D eigenvalue weighted by atomic mass is 16.5. The Balaban J connectivity index is 1.89. The van der Waals surface area contributed by atoms with Gasteiger partial charge in [-0.1, -0.05) is 18.2 Å². The quantitative estimate of drug-likeness (QED) is 0.728. The van der Waals surface area contributed by atoms with Gasteiger partial charge in [0, 0.05) is 49.4 Å². The maximum absolute atomic E-state index is 4.98. The molecule has 0 amide bonds. The molecular weight excluding hydrogens is 264 g/mol. The van der Waals surface area contributed by atoms with Gasteiger partial charge in [0.2, 0.25) is 5.95 Å². The van der Waals surface area contributed by atoms with Gasteiger partial charge in [0.05, 0.1) is 6.61 Å². The number of benzene rings is 1. The Bertz CT molecular complexity index is 722. The number of methoxy groups -OCH3 is 1. The fourth-order valence-corrected chi connectivity index (χ4v) is 2.19. The first kappa shape index (κ1) is 13.5. The molecule has 0 unspecified atom stereocenters. The van der Waals surface area contributed by atoms with Crippen molar-refractivity contribution in [2.75, 3.05) is 25.6 Å². The molecule has 5 heteroatoms. The van der Waals surface area contributed by atoms with Crippen LogP contribution in [0.1, 0.15) is 0 Å². The molecule has 1 N–H and O–H groups in total. The molecule has 0 radical (unpaired) electrons. The van der Waals surface area contributed by atoms with Gasteiger partial charge < -0.3 is 10.1 Å². The van der Waals surface area contributed by atoms with Crippen molar-refractivity contribution in [2.24, 2.45) is 0 Å². The summed E-state index contributed by atoms with van der Waals surface area (Å²) in [6.45, 7) is 1.31. The number of aromatic nitrogens is 3. The monoisotopic (exact) mass is 280 g/mol. The normalized spacial score (nSPS) is 10.7. The van der Waals surface area contributed by atoms with Crippen molar-refractivity contribution in [1.29, 1.82) is 0 Å². The lowest BCUT2D eigenvalue weighted by Crippen LogP contribution is -2.09. The average Bonchev–Trinajstić information content (AvgIpc) is 2.55. The molecular formula is C16H16N4O. The largest absolute Gasteiger partial charge is 0.383 e. The summed E-state index contributed by atoms with van der Waals surface area (Å²) in [6, 6.07) is 8.16. The van der Waals surface area contributed by atoms with Crippen LogP contribution in [-0.2, 0) is 4.74 Å². The number of nitrogens with zero attached hydrogens (tertiary/aromatic N) is 3. The van der Waals surface area contributed by atoms with E-state index in [1.54, 1.807) is 13.3 Å². The maximum atomic E-state index is 4.98. The molecule has 106 valence electrons. The Morgan fingerprint density at radius 3 is 2.76 bits per heavy atom. The van der Waals surface area contributed by atoms with Crippen molar-refractivity contribution >= 4 is 16.7 Å². The van der Waals surface area contributed by atoms with Crippen molar-refractivity contribution in [2.45, 2.75) is 0 Å². The van der Waals surface area contributed by atoms with Crippen LogP contribution in [0.4, 0.5) is 5.95 Å². The Hall–Kier alpha value is -2.53. The van der Waals surface area contributed by atoms with Crippen LogP contribution in [0.2, 0.25) is 0 Å². The smallest absolute Gasteiger partial charge is 0.222 e. The molecule has 0 aliphatic rings. The van der Waals surface area contributed by atoms with Crippen LogP contribution in [0.5, 0.6) is 0 Å². The van der Waals surface area contributed by atoms with E-state index in [1.165, 1.54) is 0 Å². The molecule has 1 aromatic carbocycles. The predicted octanol–water partition coefficient (Wildman–Crippen LogP) is 2.75. The number of ether oxygens (including phenoxy) is 1. The zero-order valence-corrected chi connectivity index (χ0v) is 11.8. The molecule has 3 aromatic rings. The van der Waals surface area contributed by atoms with E-state index in [4.69, 9.17) is 4.74 Å². The van der Waals surface area contributed by atoms with E-state index in [0.29, 0.717) is 19.1 Å². The number of rotatable bonds is 5. The summed E-state index contributed by atoms with van der Waals surface area (Å²) in [7, 11) is 1.67. The van der Waals surface area contributed by atoms with E-state index < -0.39 is 0 Å². The molecule has 0 aliphatic heterocycles. The van der Waals surface area contributed by atoms with Gasteiger partial charge >= 0.3 is 0 Å². The Labute approximate surface area is 123 Å². The van der Waals surface area contributed by atoms with Crippen molar-refractivity contribution < 1.29 is 4.74 Å². The fraction of sp³-hybridized carbons (Fsp3) is 0.188. The van der Waals surface area contributed by atoms with Crippen molar-refractivity contribution in [3.05, 3.63) is 49.1 Å². The molecule has 21 heavy (non-hydrogen) atoms. The molecule has 0 saturated heterocycles. The highest BCUT2D eigenvalue weighted by molar-refractivity contribution is 5.95. The standard InChI is InChI=1S/C16H16N4O/c1-21-8-7-18-16-19-9-13(10-20-16)14-4-2-3-12-5-6-17-11-15(12)14/h2-6,9-11H,7-8H2,1H3,(H,18,19,20). The summed E-state index contributed by atoms with van der Waals surface area (Å²) in [5, 5.41) is 5.36. The number of fused-ring (bicyclic) bond motifs is 1. The Morgan fingerprint density at radius 1 is 1.10 bits per heavy atom. The van der Waals surface area contributed by atoms with Crippen molar-refractivity contribution in [1.82, 2.24) is 15.0 Å². The predicted molar refractivity (Wildman–Crippen MR) is 83.1 cm³/mol. The van der Waals surface area contributed by atoms with E-state index in [1.807, 2.05) is 30.7 Å². The van der Waals surface area contributed by atoms with Gasteiger partial charge in [0.15, 0.2) is 0 Å². The van der Waals surface area contributed by atoms with E-state index in [-0.39, 0.29) is 0 Å². The van der Waals surface area contributed by atoms with Gasteiger partial charge in [-0.3, -0.25) is 4.98 Å². The second-order valence-corrected chi connectivity index (χ2v) is 4.62. The molecule has 0 spiro atoms. The maximum Gasteiger partial charge on any atom is 0.222 e. The van der Waals surface area contributed by atoms with Crippen molar-refractivity contribution in [3.63, 3.8) is 0 Å². The van der Waals surface area contributed by atoms with Crippen LogP contribution in [0.25, 0.3) is 21.9 Å². The Morgan fingerprint density at radius 2 is 1.95 bits per heavy atom. The topological polar surface area (TPSA) is 59.9 Å². The van der Waals surface area contributed by atoms with Crippen LogP contribution in [-0.4, -0.2) is 35.2 Å². The first-order valence-corrected chi connectivity index (χ1v) is 6.76. The van der Waals surface area contributed by atoms with Gasteiger partial charge in [0.25, 0.3) is 0 Å². The van der Waals surface area contributed by atoms with Gasteiger partial charge in [-0.2, -0.15) is 0 Å². The van der Waals surface area contributed by atoms with Gasteiger partial charge in [-0.05, 0) is 17.0 Å². The fourth-order valence-electron chi connectivity index (χ4n) is 2.19. The van der Waals surface area contributed by atoms with Gasteiger partial charge in [-0.25, -0.2) is 9.97 Å². The highest BCUT2D eigenvalue weighted by Crippen LogP contribution is 2.27. The minimum atomic E-state index is 0.606. The number of hydrogen-bond donors (Lipinski definition) is 1. The third kappa shape index (κ3) is 2.98. The molecule has 0 fully saturated rings. The zero-order chi connectivity index (χ0) is 14.5. The number of nitrogens with one attached hydrogen (secondary N) is 1. The van der Waals surface area contributed by atoms with E-state index >= 15 is 0 Å². The van der Waals surface area contributed by atoms with Crippen LogP contribution in [0.15, 0.2) is 49.1 Å². The molecule has 0 saturated carbocycles. The lowest BCUT2D eigenvalue weighted by Gasteiger charge is -2.07. The summed E-state index contributed by atoms with van der Waals surface area (Å²) >= 11 is 0. The molecule has 2 heterocycles. The number of hydrogen-bond acceptors (Lipinski definition) is 5. The van der Waals surface area contributed by atoms with Crippen molar-refractivity contribution in [3.8, 4) is 11.1 Å². The lowest BCUT2D eigenvalue weighted by molar-refractivity contribution is 0.210. The summed E-state index contributed by atoms with van der Waals surface area (Å²) < 4.78 is 4.98. The molecule has 3 rings (SSSR count). The highest BCUT2D eigenvalue weighted by Gasteiger charge is 2.05. The van der Waals surface area contributed by atoms with Crippen LogP contribution >= 0.6 is 0 Å². The summed E-state index contributed by atoms with van der Waals surface area (Å²) in [6.07, 6.45) is 7.31. The van der Waals surface area contributed by atoms with Crippen LogP contribution < -0.4 is 5.32 Å². The molecule has 2 aromatic heterocycles. The number of pyridine rings is 1. The van der Waals surface area contributed by atoms with Gasteiger partial charge in [0.1, 0.15) is 0 Å². The average molecular weight is 280 g/mol. The first-order chi connectivity index (χ1) is 10.4. The Kier molecular flexibility index (Phi) is 4.02. The van der Waals surface area contributed by atoms with Gasteiger partial charge in [-0.15, -0.1) is 0 Å². The SMILES string of the molecule is COCCNc1ncc(-c2cccc3ccncc23)cn1. The minimum absolute atomic E-state index is 0.606. The second kappa shape index (κ2) is 6.28. The second-order valence-electron chi connectivity index (χ2n) is 4.62. The zero-order valence-electron chi connectivity index (χ0n) is 11.8. The third-order valence-electron chi connectivity index (χ3n) is 3.24. The molecule has 0 aliphatic carbocycles. The lowest BCUT2D eigenvalue weighted by atomic mass is 10.0. The molecule has 0 bridgehead atoms. The van der Waals surface area contributed by atoms with E-state index in [2.05, 4.69) is 32.4 Å². The first-order valence-electron chi connectivity index (χ1n) is 6.76. The van der Waals surface area contributed by atoms with Crippen LogP contribution in [0.3, 0.4) is 0 Å². The van der Waals surface area contributed by atoms with Crippen LogP contribution in [0, 0.1) is 0 Å². The van der Waals surface area contributed by atoms with E-state index in [0.717, 1.165) is 21.9 Å². The minimum Gasteiger partial charge on any atom is -0.383 e. The molecule has 5 nitrogen and oxygen atoms in total. The summed E-state index contributed by atoms with van der Waals surface area (Å²) in [5.74, 6) is 0.606. The molecule has 0 atom stereocenters. The third-order valence-corrected chi connectivity index (χ3v) is 3.24. The summed E-state index contributed by atoms with van der Waals surface area (Å²) in [4.78, 5) is 12.9. The number of anilines is 1. The van der Waals surface area contributed by atoms with E-state index in [9.17, 15) is 0 Å².